The topological polar surface area (TPSA) is 27.7 Å². The van der Waals surface area contributed by atoms with E-state index in [1.807, 2.05) is 0 Å². The maximum atomic E-state index is 5.56. The van der Waals surface area contributed by atoms with Crippen molar-refractivity contribution in [3.8, 4) is 39.6 Å². The Balaban J connectivity index is 1.09. The van der Waals surface area contributed by atoms with Crippen LogP contribution in [0.1, 0.15) is 0 Å². The van der Waals surface area contributed by atoms with Crippen LogP contribution in [0.5, 0.6) is 0 Å². The average Bonchev–Trinajstić information content (AvgIpc) is 3.99. The summed E-state index contributed by atoms with van der Waals surface area (Å²) in [7, 11) is 0. The fourth-order valence-electron chi connectivity index (χ4n) is 9.98. The van der Waals surface area contributed by atoms with Crippen LogP contribution in [-0.4, -0.2) is 18.7 Å². The van der Waals surface area contributed by atoms with E-state index < -0.39 is 0 Å². The third-order valence-electron chi connectivity index (χ3n) is 12.6. The first-order chi connectivity index (χ1) is 30.3. The summed E-state index contributed by atoms with van der Waals surface area (Å²) in [6, 6.07) is 79.0. The molecule has 13 rings (SSSR count). The second kappa shape index (κ2) is 13.2. The molecule has 0 fully saturated rings. The Bertz CT molecular complexity index is 3800. The van der Waals surface area contributed by atoms with Gasteiger partial charge in [0.1, 0.15) is 11.3 Å². The third kappa shape index (κ3) is 4.97. The first-order valence-electron chi connectivity index (χ1n) is 20.9. The molecule has 0 spiro atoms. The number of hydrogen-bond donors (Lipinski definition) is 0. The summed E-state index contributed by atoms with van der Waals surface area (Å²) in [5, 5.41) is 11.3. The van der Waals surface area contributed by atoms with E-state index >= 15 is 0 Å². The van der Waals surface area contributed by atoms with Crippen molar-refractivity contribution < 1.29 is 0 Å². The molecule has 4 heteroatoms. The molecule has 0 radical (unpaired) electrons. The van der Waals surface area contributed by atoms with E-state index in [1.54, 1.807) is 0 Å². The molecule has 0 bridgehead atoms. The molecule has 0 saturated heterocycles. The second-order valence-corrected chi connectivity index (χ2v) is 15.9. The van der Waals surface area contributed by atoms with Crippen LogP contribution in [0.15, 0.2) is 218 Å². The Kier molecular flexibility index (Phi) is 7.27. The maximum Gasteiger partial charge on any atom is 0.165 e. The summed E-state index contributed by atoms with van der Waals surface area (Å²) in [6.45, 7) is 0. The number of para-hydroxylation sites is 3. The van der Waals surface area contributed by atoms with Crippen molar-refractivity contribution in [2.75, 3.05) is 0 Å². The summed E-state index contributed by atoms with van der Waals surface area (Å²) < 4.78 is 7.17. The first kappa shape index (κ1) is 33.7. The standard InChI is InChI=1S/C57H36N4/c1-4-16-38(17-5-1)56-58-57-55(61(56)41-20-8-3-9-21-41)53-52(60(57)40-18-6-2-7-19-40)35-34-49-48-26-14-15-27-51(48)59(54(49)53)42-31-28-37(29-32-42)39-30-33-47-45-24-11-10-22-43(45)44-23-12-13-25-46(44)50(47)36-39/h1-36H. The van der Waals surface area contributed by atoms with E-state index in [0.29, 0.717) is 0 Å². The second-order valence-electron chi connectivity index (χ2n) is 15.9. The van der Waals surface area contributed by atoms with E-state index in [2.05, 4.69) is 232 Å². The van der Waals surface area contributed by atoms with Crippen LogP contribution in [0.3, 0.4) is 0 Å². The van der Waals surface area contributed by atoms with E-state index in [-0.39, 0.29) is 0 Å². The first-order valence-corrected chi connectivity index (χ1v) is 20.9. The molecular formula is C57H36N4. The van der Waals surface area contributed by atoms with Gasteiger partial charge in [-0.25, -0.2) is 4.98 Å². The number of hydrogen-bond acceptors (Lipinski definition) is 1. The number of fused-ring (bicyclic) bond motifs is 13. The van der Waals surface area contributed by atoms with Gasteiger partial charge in [-0.3, -0.25) is 9.13 Å². The van der Waals surface area contributed by atoms with Gasteiger partial charge in [0.25, 0.3) is 0 Å². The van der Waals surface area contributed by atoms with E-state index in [9.17, 15) is 0 Å². The predicted octanol–water partition coefficient (Wildman–Crippen LogP) is 14.9. The molecule has 0 aliphatic rings. The van der Waals surface area contributed by atoms with E-state index in [4.69, 9.17) is 4.98 Å². The van der Waals surface area contributed by atoms with Gasteiger partial charge < -0.3 is 4.57 Å². The van der Waals surface area contributed by atoms with Crippen LogP contribution in [0.4, 0.5) is 0 Å². The molecule has 0 saturated carbocycles. The summed E-state index contributed by atoms with van der Waals surface area (Å²) in [5.41, 5.74) is 12.1. The maximum absolute atomic E-state index is 5.56. The van der Waals surface area contributed by atoms with Gasteiger partial charge in [0.2, 0.25) is 0 Å². The largest absolute Gasteiger partial charge is 0.308 e. The normalized spacial score (nSPS) is 11.9. The average molecular weight is 777 g/mol. The zero-order valence-corrected chi connectivity index (χ0v) is 33.1. The van der Waals surface area contributed by atoms with Crippen LogP contribution in [0, 0.1) is 0 Å². The number of rotatable bonds is 5. The molecule has 3 aromatic heterocycles. The van der Waals surface area contributed by atoms with Crippen molar-refractivity contribution in [2.24, 2.45) is 0 Å². The van der Waals surface area contributed by atoms with Crippen molar-refractivity contribution >= 4 is 76.2 Å². The van der Waals surface area contributed by atoms with Crippen LogP contribution in [0.25, 0.3) is 116 Å². The summed E-state index contributed by atoms with van der Waals surface area (Å²) in [6.07, 6.45) is 0. The highest BCUT2D eigenvalue weighted by Gasteiger charge is 2.27. The van der Waals surface area contributed by atoms with Crippen molar-refractivity contribution in [1.82, 2.24) is 18.7 Å². The van der Waals surface area contributed by atoms with Gasteiger partial charge >= 0.3 is 0 Å². The Morgan fingerprint density at radius 1 is 0.279 bits per heavy atom. The smallest absolute Gasteiger partial charge is 0.165 e. The molecule has 0 amide bonds. The van der Waals surface area contributed by atoms with Gasteiger partial charge in [-0.1, -0.05) is 164 Å². The molecule has 13 aromatic rings. The van der Waals surface area contributed by atoms with Crippen LogP contribution in [-0.2, 0) is 0 Å². The molecular weight excluding hydrogens is 741 g/mol. The van der Waals surface area contributed by atoms with Crippen LogP contribution < -0.4 is 0 Å². The number of imidazole rings is 1. The van der Waals surface area contributed by atoms with Crippen molar-refractivity contribution in [3.63, 3.8) is 0 Å². The molecule has 0 aliphatic carbocycles. The zero-order chi connectivity index (χ0) is 40.0. The highest BCUT2D eigenvalue weighted by atomic mass is 15.2. The quantitative estimate of drug-likeness (QED) is 0.160. The van der Waals surface area contributed by atoms with Crippen molar-refractivity contribution in [3.05, 3.63) is 218 Å². The van der Waals surface area contributed by atoms with Gasteiger partial charge in [0.05, 0.1) is 21.9 Å². The summed E-state index contributed by atoms with van der Waals surface area (Å²) in [5.74, 6) is 0.906. The van der Waals surface area contributed by atoms with Crippen molar-refractivity contribution in [2.45, 2.75) is 0 Å². The molecule has 3 heterocycles. The van der Waals surface area contributed by atoms with Crippen molar-refractivity contribution in [1.29, 1.82) is 0 Å². The van der Waals surface area contributed by atoms with Gasteiger partial charge in [0.15, 0.2) is 5.65 Å². The van der Waals surface area contributed by atoms with Gasteiger partial charge in [-0.15, -0.1) is 0 Å². The SMILES string of the molecule is c1ccc(-c2nc3c(c4c(ccc5c6ccccc6n(-c6ccc(-c7ccc8c9ccccc9c9ccccc9c8c7)cc6)c54)n3-c3ccccc3)n2-c2ccccc2)cc1. The van der Waals surface area contributed by atoms with Gasteiger partial charge in [-0.2, -0.15) is 0 Å². The lowest BCUT2D eigenvalue weighted by atomic mass is 9.92. The molecule has 4 nitrogen and oxygen atoms in total. The zero-order valence-electron chi connectivity index (χ0n) is 33.1. The number of nitrogens with zero attached hydrogens (tertiary/aromatic N) is 4. The molecule has 284 valence electrons. The molecule has 61 heavy (non-hydrogen) atoms. The van der Waals surface area contributed by atoms with Gasteiger partial charge in [-0.05, 0) is 98.0 Å². The Hall–Kier alpha value is -8.21. The Morgan fingerprint density at radius 2 is 0.770 bits per heavy atom. The molecule has 10 aromatic carbocycles. The lowest BCUT2D eigenvalue weighted by molar-refractivity contribution is 1.10. The number of benzene rings is 10. The molecule has 0 atom stereocenters. The number of aromatic nitrogens is 4. The molecule has 0 N–H and O–H groups in total. The van der Waals surface area contributed by atoms with Crippen LogP contribution >= 0.6 is 0 Å². The van der Waals surface area contributed by atoms with E-state index in [1.165, 1.54) is 54.2 Å². The molecule has 0 unspecified atom stereocenters. The lowest BCUT2D eigenvalue weighted by Gasteiger charge is -2.14. The fraction of sp³-hybridized carbons (Fsp3) is 0. The highest BCUT2D eigenvalue weighted by Crippen LogP contribution is 2.44. The Morgan fingerprint density at radius 3 is 1.43 bits per heavy atom. The minimum absolute atomic E-state index is 0.906. The van der Waals surface area contributed by atoms with Crippen LogP contribution in [0.2, 0.25) is 0 Å². The fourth-order valence-corrected chi connectivity index (χ4v) is 9.98. The summed E-state index contributed by atoms with van der Waals surface area (Å²) in [4.78, 5) is 5.56. The minimum Gasteiger partial charge on any atom is -0.308 e. The monoisotopic (exact) mass is 776 g/mol. The Labute approximate surface area is 351 Å². The predicted molar refractivity (Wildman–Crippen MR) is 256 cm³/mol. The van der Waals surface area contributed by atoms with E-state index in [0.717, 1.165) is 61.6 Å². The highest BCUT2D eigenvalue weighted by molar-refractivity contribution is 6.27. The molecule has 0 aliphatic heterocycles. The summed E-state index contributed by atoms with van der Waals surface area (Å²) >= 11 is 0. The lowest BCUT2D eigenvalue weighted by Crippen LogP contribution is -1.99. The van der Waals surface area contributed by atoms with Gasteiger partial charge in [0, 0.05) is 33.4 Å². The third-order valence-corrected chi connectivity index (χ3v) is 12.6. The minimum atomic E-state index is 0.906.